The summed E-state index contributed by atoms with van der Waals surface area (Å²) in [7, 11) is 1.56. The van der Waals surface area contributed by atoms with Gasteiger partial charge in [-0.25, -0.2) is 13.5 Å². The van der Waals surface area contributed by atoms with Crippen LogP contribution >= 0.6 is 0 Å². The van der Waals surface area contributed by atoms with Gasteiger partial charge in [0.1, 0.15) is 32.1 Å². The van der Waals surface area contributed by atoms with Crippen LogP contribution in [-0.2, 0) is 29.1 Å². The number of fused-ring (bicyclic) bond motifs is 2. The van der Waals surface area contributed by atoms with Gasteiger partial charge in [0.2, 0.25) is 0 Å². The molecule has 0 aliphatic carbocycles. The number of aryl methyl sites for hydroxylation is 1. The maximum atomic E-state index is 13.6. The summed E-state index contributed by atoms with van der Waals surface area (Å²) in [6.07, 6.45) is 0. The predicted molar refractivity (Wildman–Crippen MR) is 124 cm³/mol. The highest BCUT2D eigenvalue weighted by molar-refractivity contribution is 6.21. The molecule has 2 heterocycles. The first kappa shape index (κ1) is 24.8. The molecule has 0 saturated heterocycles. The Morgan fingerprint density at radius 1 is 0.971 bits per heavy atom. The zero-order chi connectivity index (χ0) is 24.8. The minimum atomic E-state index is -0.616. The molecule has 0 atom stereocenters. The van der Waals surface area contributed by atoms with Crippen LogP contribution in [-0.4, -0.2) is 73.2 Å². The van der Waals surface area contributed by atoms with Crippen molar-refractivity contribution in [2.24, 2.45) is 0 Å². The minimum absolute atomic E-state index is 0.0110. The lowest BCUT2D eigenvalue weighted by Gasteiger charge is -2.13. The summed E-state index contributed by atoms with van der Waals surface area (Å²) in [5.74, 6) is 0.487. The number of aliphatic hydroxyl groups is 1. The summed E-state index contributed by atoms with van der Waals surface area (Å²) >= 11 is 0. The molecule has 0 fully saturated rings. The number of ether oxygens (including phenoxy) is 3. The number of alkyl halides is 1. The number of carbonyl (C=O) groups is 2. The van der Waals surface area contributed by atoms with Gasteiger partial charge in [0, 0.05) is 6.07 Å². The van der Waals surface area contributed by atoms with Crippen molar-refractivity contribution in [3.05, 3.63) is 59.4 Å². The van der Waals surface area contributed by atoms with E-state index >= 15 is 0 Å². The molecule has 0 radical (unpaired) electrons. The number of carbonyl (C=O) groups excluding carboxylic acids is 2. The van der Waals surface area contributed by atoms with E-state index in [0.717, 1.165) is 11.0 Å². The summed E-state index contributed by atoms with van der Waals surface area (Å²) in [6, 6.07) is 12.2. The molecule has 3 aromatic rings. The van der Waals surface area contributed by atoms with Crippen LogP contribution in [0.3, 0.4) is 0 Å². The third kappa shape index (κ3) is 5.04. The number of benzene rings is 2. The van der Waals surface area contributed by atoms with Gasteiger partial charge in [-0.1, -0.05) is 12.1 Å². The van der Waals surface area contributed by atoms with Gasteiger partial charge in [0.25, 0.3) is 17.6 Å². The molecule has 35 heavy (non-hydrogen) atoms. The zero-order valence-corrected chi connectivity index (χ0v) is 19.6. The lowest BCUT2D eigenvalue weighted by molar-refractivity contribution is -0.682. The van der Waals surface area contributed by atoms with Gasteiger partial charge in [-0.15, -0.1) is 0 Å². The van der Waals surface area contributed by atoms with E-state index in [1.807, 2.05) is 22.8 Å². The van der Waals surface area contributed by atoms with Gasteiger partial charge in [-0.05, 0) is 24.3 Å². The highest BCUT2D eigenvalue weighted by Crippen LogP contribution is 2.26. The smallest absolute Gasteiger partial charge is 0.278 e. The van der Waals surface area contributed by atoms with E-state index in [1.54, 1.807) is 35.9 Å². The molecule has 2 aromatic carbocycles. The van der Waals surface area contributed by atoms with Gasteiger partial charge in [-0.3, -0.25) is 14.5 Å². The Balaban J connectivity index is 1.66. The van der Waals surface area contributed by atoms with Gasteiger partial charge in [0.15, 0.2) is 11.0 Å². The van der Waals surface area contributed by atoms with E-state index in [-0.39, 0.29) is 38.1 Å². The molecule has 10 heteroatoms. The molecule has 1 aliphatic rings. The molecule has 0 saturated carbocycles. The van der Waals surface area contributed by atoms with Crippen molar-refractivity contribution in [3.8, 4) is 5.75 Å². The molecule has 1 N–H and O–H groups in total. The van der Waals surface area contributed by atoms with Crippen LogP contribution in [0.1, 0.15) is 26.5 Å². The van der Waals surface area contributed by atoms with Gasteiger partial charge in [-0.2, -0.15) is 0 Å². The van der Waals surface area contributed by atoms with Gasteiger partial charge >= 0.3 is 0 Å². The van der Waals surface area contributed by atoms with Crippen molar-refractivity contribution in [2.75, 3.05) is 46.8 Å². The maximum absolute atomic E-state index is 13.6. The van der Waals surface area contributed by atoms with Crippen LogP contribution in [0, 0.1) is 0 Å². The van der Waals surface area contributed by atoms with Crippen molar-refractivity contribution >= 4 is 22.8 Å². The number of imide groups is 1. The highest BCUT2D eigenvalue weighted by atomic mass is 19.1. The van der Waals surface area contributed by atoms with Crippen molar-refractivity contribution in [1.29, 1.82) is 0 Å². The van der Waals surface area contributed by atoms with E-state index in [4.69, 9.17) is 19.3 Å². The molecular formula is C25H29FN3O6+. The van der Waals surface area contributed by atoms with E-state index in [0.29, 0.717) is 49.1 Å². The summed E-state index contributed by atoms with van der Waals surface area (Å²) < 4.78 is 33.6. The fourth-order valence-corrected chi connectivity index (χ4v) is 4.32. The van der Waals surface area contributed by atoms with Crippen molar-refractivity contribution < 1.29 is 37.9 Å². The molecular weight excluding hydrogens is 457 g/mol. The third-order valence-electron chi connectivity index (χ3n) is 5.94. The molecule has 9 nitrogen and oxygen atoms in total. The topological polar surface area (TPSA) is 94.1 Å². The molecule has 186 valence electrons. The number of methoxy groups -OCH3 is 1. The fraction of sp³-hybridized carbons (Fsp3) is 0.400. The van der Waals surface area contributed by atoms with Crippen LogP contribution in [0.25, 0.3) is 11.0 Å². The summed E-state index contributed by atoms with van der Waals surface area (Å²) in [4.78, 5) is 27.3. The van der Waals surface area contributed by atoms with Gasteiger partial charge in [0.05, 0.1) is 51.3 Å². The van der Waals surface area contributed by atoms with E-state index < -0.39 is 6.67 Å². The van der Waals surface area contributed by atoms with Crippen LogP contribution in [0.5, 0.6) is 5.75 Å². The Bertz CT molecular complexity index is 1180. The minimum Gasteiger partial charge on any atom is -0.497 e. The Morgan fingerprint density at radius 2 is 1.66 bits per heavy atom. The number of imidazole rings is 1. The molecule has 0 bridgehead atoms. The van der Waals surface area contributed by atoms with Gasteiger partial charge < -0.3 is 19.3 Å². The Kier molecular flexibility index (Phi) is 8.06. The molecule has 2 amide bonds. The van der Waals surface area contributed by atoms with Crippen molar-refractivity contribution in [3.63, 3.8) is 0 Å². The van der Waals surface area contributed by atoms with Crippen molar-refractivity contribution in [1.82, 2.24) is 9.47 Å². The largest absolute Gasteiger partial charge is 0.497 e. The van der Waals surface area contributed by atoms with Crippen LogP contribution in [0.15, 0.2) is 42.5 Å². The normalized spacial score (nSPS) is 13.2. The van der Waals surface area contributed by atoms with E-state index in [2.05, 4.69) is 0 Å². The predicted octanol–water partition coefficient (Wildman–Crippen LogP) is 1.73. The van der Waals surface area contributed by atoms with Crippen LogP contribution in [0.2, 0.25) is 0 Å². The number of hydrogen-bond acceptors (Lipinski definition) is 6. The lowest BCUT2D eigenvalue weighted by Crippen LogP contribution is -2.44. The second kappa shape index (κ2) is 11.4. The SMILES string of the molecule is COc1ccc2c(c1)n(CCF)c(CN1C(=O)c3ccccc3C1=O)[n+]2CCOCCOCCO. The molecule has 4 rings (SSSR count). The highest BCUT2D eigenvalue weighted by Gasteiger charge is 2.38. The molecule has 1 aliphatic heterocycles. The number of halogens is 1. The maximum Gasteiger partial charge on any atom is 0.278 e. The number of nitrogens with zero attached hydrogens (tertiary/aromatic N) is 3. The van der Waals surface area contributed by atoms with Crippen molar-refractivity contribution in [2.45, 2.75) is 19.6 Å². The summed E-state index contributed by atoms with van der Waals surface area (Å²) in [5.41, 5.74) is 2.28. The first-order chi connectivity index (χ1) is 17.1. The monoisotopic (exact) mass is 486 g/mol. The second-order valence-corrected chi connectivity index (χ2v) is 7.95. The Hall–Kier alpha value is -3.34. The Labute approximate surface area is 202 Å². The average molecular weight is 487 g/mol. The number of aromatic nitrogens is 2. The van der Waals surface area contributed by atoms with E-state index in [9.17, 15) is 14.0 Å². The quantitative estimate of drug-likeness (QED) is 0.225. The van der Waals surface area contributed by atoms with Crippen LogP contribution in [0.4, 0.5) is 4.39 Å². The third-order valence-corrected chi connectivity index (χ3v) is 5.94. The Morgan fingerprint density at radius 3 is 2.29 bits per heavy atom. The number of rotatable bonds is 13. The molecule has 1 aromatic heterocycles. The van der Waals surface area contributed by atoms with E-state index in [1.165, 1.54) is 4.90 Å². The molecule has 0 spiro atoms. The summed E-state index contributed by atoms with van der Waals surface area (Å²) in [5, 5.41) is 8.78. The number of aliphatic hydroxyl groups excluding tert-OH is 1. The fourth-order valence-electron chi connectivity index (χ4n) is 4.32. The summed E-state index contributed by atoms with van der Waals surface area (Å²) in [6.45, 7) is 1.10. The first-order valence-electron chi connectivity index (χ1n) is 11.5. The average Bonchev–Trinajstić information content (AvgIpc) is 3.30. The standard InChI is InChI=1S/C25H29FN3O6/c1-33-18-6-7-21-22(16-18)27(9-8-26)23(28(21)10-12-34-14-15-35-13-11-30)17-29-24(31)19-4-2-3-5-20(19)25(29)32/h2-7,16,30H,8-15,17H2,1H3/q+1. The molecule has 0 unspecified atom stereocenters. The van der Waals surface area contributed by atoms with Crippen LogP contribution < -0.4 is 9.30 Å². The second-order valence-electron chi connectivity index (χ2n) is 7.95. The first-order valence-corrected chi connectivity index (χ1v) is 11.5. The lowest BCUT2D eigenvalue weighted by atomic mass is 10.1. The zero-order valence-electron chi connectivity index (χ0n) is 19.6. The number of hydrogen-bond donors (Lipinski definition) is 1. The number of amides is 2.